The van der Waals surface area contributed by atoms with Crippen molar-refractivity contribution in [1.29, 1.82) is 0 Å². The summed E-state index contributed by atoms with van der Waals surface area (Å²) in [5, 5.41) is 5.06. The van der Waals surface area contributed by atoms with Crippen LogP contribution in [0, 0.1) is 0 Å². The van der Waals surface area contributed by atoms with E-state index in [0.29, 0.717) is 0 Å². The van der Waals surface area contributed by atoms with Crippen LogP contribution in [0.1, 0.15) is 0 Å². The summed E-state index contributed by atoms with van der Waals surface area (Å²) in [6, 6.07) is 80.6. The Bertz CT molecular complexity index is 2770. The van der Waals surface area contributed by atoms with Crippen molar-refractivity contribution in [1.82, 2.24) is 4.98 Å². The van der Waals surface area contributed by atoms with Crippen LogP contribution in [0.25, 0.3) is 99.7 Å². The Morgan fingerprint density at radius 2 is 0.536 bits per heavy atom. The van der Waals surface area contributed by atoms with Gasteiger partial charge in [-0.3, -0.25) is 0 Å². The Morgan fingerprint density at radius 3 is 0.964 bits per heavy atom. The highest BCUT2D eigenvalue weighted by Gasteiger charge is 2.12. The van der Waals surface area contributed by atoms with Crippen LogP contribution in [0.15, 0.2) is 224 Å². The topological polar surface area (TPSA) is 12.9 Å². The Kier molecular flexibility index (Phi) is 8.59. The predicted octanol–water partition coefficient (Wildman–Crippen LogP) is 15.1. The third-order valence-electron chi connectivity index (χ3n) is 10.9. The molecule has 10 rings (SSSR count). The molecule has 0 atom stereocenters. The number of pyridine rings is 1. The summed E-state index contributed by atoms with van der Waals surface area (Å²) in [7, 11) is 0. The molecular weight excluding hydrogens is 675 g/mol. The molecule has 0 saturated heterocycles. The molecule has 1 nitrogen and oxygen atoms in total. The standard InChI is InChI=1S/C55H37N/c1-2-10-38(11-3-1)49-36-54(47-32-24-41(25-33-47)39-20-28-45(29-21-39)52-18-8-14-43-12-4-6-16-50(43)52)56-55(37-49)48-34-26-42(27-35-48)40-22-30-46(31-23-40)53-19-9-15-44-13-5-7-17-51(44)53/h1-37H. The predicted molar refractivity (Wildman–Crippen MR) is 237 cm³/mol. The van der Waals surface area contributed by atoms with Crippen molar-refractivity contribution in [2.45, 2.75) is 0 Å². The van der Waals surface area contributed by atoms with Gasteiger partial charge in [-0.1, -0.05) is 212 Å². The highest BCUT2D eigenvalue weighted by atomic mass is 14.7. The van der Waals surface area contributed by atoms with Crippen molar-refractivity contribution in [3.05, 3.63) is 224 Å². The van der Waals surface area contributed by atoms with Crippen LogP contribution in [0.5, 0.6) is 0 Å². The molecule has 56 heavy (non-hydrogen) atoms. The maximum absolute atomic E-state index is 5.24. The summed E-state index contributed by atoms with van der Waals surface area (Å²) in [6.07, 6.45) is 0. The van der Waals surface area contributed by atoms with Gasteiger partial charge in [0.05, 0.1) is 11.4 Å². The molecule has 0 bridgehead atoms. The first-order valence-electron chi connectivity index (χ1n) is 19.2. The number of nitrogens with zero attached hydrogens (tertiary/aromatic N) is 1. The average molecular weight is 712 g/mol. The molecule has 0 fully saturated rings. The molecule has 0 aliphatic carbocycles. The monoisotopic (exact) mass is 711 g/mol. The summed E-state index contributed by atoms with van der Waals surface area (Å²) < 4.78 is 0. The Morgan fingerprint density at radius 1 is 0.214 bits per heavy atom. The molecule has 262 valence electrons. The second-order valence-electron chi connectivity index (χ2n) is 14.4. The lowest BCUT2D eigenvalue weighted by molar-refractivity contribution is 1.32. The number of fused-ring (bicyclic) bond motifs is 2. The molecule has 10 aromatic rings. The largest absolute Gasteiger partial charge is 0.248 e. The molecule has 0 amide bonds. The lowest BCUT2D eigenvalue weighted by Gasteiger charge is -2.12. The zero-order valence-corrected chi connectivity index (χ0v) is 30.8. The van der Waals surface area contributed by atoms with Crippen molar-refractivity contribution in [2.75, 3.05) is 0 Å². The average Bonchev–Trinajstić information content (AvgIpc) is 3.29. The van der Waals surface area contributed by atoms with Gasteiger partial charge in [-0.2, -0.15) is 0 Å². The van der Waals surface area contributed by atoms with Crippen LogP contribution >= 0.6 is 0 Å². The maximum Gasteiger partial charge on any atom is 0.0715 e. The van der Waals surface area contributed by atoms with Crippen LogP contribution in [-0.2, 0) is 0 Å². The van der Waals surface area contributed by atoms with Crippen molar-refractivity contribution < 1.29 is 0 Å². The number of hydrogen-bond acceptors (Lipinski definition) is 1. The lowest BCUT2D eigenvalue weighted by Crippen LogP contribution is -1.92. The molecule has 1 heteroatoms. The van der Waals surface area contributed by atoms with E-state index >= 15 is 0 Å². The summed E-state index contributed by atoms with van der Waals surface area (Å²) in [5.74, 6) is 0. The number of aromatic nitrogens is 1. The summed E-state index contributed by atoms with van der Waals surface area (Å²) in [4.78, 5) is 5.24. The van der Waals surface area contributed by atoms with Gasteiger partial charge < -0.3 is 0 Å². The zero-order valence-electron chi connectivity index (χ0n) is 30.8. The van der Waals surface area contributed by atoms with Crippen LogP contribution in [-0.4, -0.2) is 4.98 Å². The van der Waals surface area contributed by atoms with Crippen molar-refractivity contribution in [3.8, 4) is 78.1 Å². The highest BCUT2D eigenvalue weighted by molar-refractivity contribution is 5.98. The third-order valence-corrected chi connectivity index (χ3v) is 10.9. The molecule has 0 spiro atoms. The lowest BCUT2D eigenvalue weighted by atomic mass is 9.95. The van der Waals surface area contributed by atoms with Crippen LogP contribution in [0.3, 0.4) is 0 Å². The first-order valence-corrected chi connectivity index (χ1v) is 19.2. The number of benzene rings is 9. The summed E-state index contributed by atoms with van der Waals surface area (Å²) in [6.45, 7) is 0. The van der Waals surface area contributed by atoms with E-state index < -0.39 is 0 Å². The fraction of sp³-hybridized carbons (Fsp3) is 0. The second-order valence-corrected chi connectivity index (χ2v) is 14.4. The normalized spacial score (nSPS) is 11.2. The van der Waals surface area contributed by atoms with E-state index in [1.165, 1.54) is 71.6 Å². The van der Waals surface area contributed by atoms with Gasteiger partial charge in [-0.15, -0.1) is 0 Å². The van der Waals surface area contributed by atoms with Gasteiger partial charge in [0.25, 0.3) is 0 Å². The molecule has 0 N–H and O–H groups in total. The van der Waals surface area contributed by atoms with Gasteiger partial charge in [-0.05, 0) is 89.3 Å². The minimum absolute atomic E-state index is 0.951. The molecule has 1 aromatic heterocycles. The van der Waals surface area contributed by atoms with Crippen molar-refractivity contribution in [2.24, 2.45) is 0 Å². The maximum atomic E-state index is 5.24. The molecule has 9 aromatic carbocycles. The van der Waals surface area contributed by atoms with E-state index in [4.69, 9.17) is 4.98 Å². The molecule has 0 unspecified atom stereocenters. The number of hydrogen-bond donors (Lipinski definition) is 0. The molecule has 0 aliphatic rings. The van der Waals surface area contributed by atoms with Crippen molar-refractivity contribution >= 4 is 21.5 Å². The Hall–Kier alpha value is -7.35. The first-order chi connectivity index (χ1) is 27.7. The van der Waals surface area contributed by atoms with Gasteiger partial charge in [0.15, 0.2) is 0 Å². The van der Waals surface area contributed by atoms with Gasteiger partial charge in [-0.25, -0.2) is 4.98 Å². The molecule has 1 heterocycles. The van der Waals surface area contributed by atoms with Gasteiger partial charge in [0.1, 0.15) is 0 Å². The van der Waals surface area contributed by atoms with Gasteiger partial charge >= 0.3 is 0 Å². The van der Waals surface area contributed by atoms with Crippen LogP contribution < -0.4 is 0 Å². The SMILES string of the molecule is c1ccc(-c2cc(-c3ccc(-c4ccc(-c5cccc6ccccc56)cc4)cc3)nc(-c3ccc(-c4ccc(-c5cccc6ccccc56)cc4)cc3)c2)cc1. The van der Waals surface area contributed by atoms with E-state index in [2.05, 4.69) is 224 Å². The Balaban J connectivity index is 0.934. The fourth-order valence-electron chi connectivity index (χ4n) is 7.93. The molecule has 0 saturated carbocycles. The smallest absolute Gasteiger partial charge is 0.0715 e. The summed E-state index contributed by atoms with van der Waals surface area (Å²) in [5.41, 5.74) is 16.1. The fourth-order valence-corrected chi connectivity index (χ4v) is 7.93. The number of rotatable bonds is 7. The van der Waals surface area contributed by atoms with Gasteiger partial charge in [0, 0.05) is 11.1 Å². The Labute approximate surface area is 327 Å². The molecule has 0 aliphatic heterocycles. The summed E-state index contributed by atoms with van der Waals surface area (Å²) >= 11 is 0. The minimum atomic E-state index is 0.951. The quantitative estimate of drug-likeness (QED) is 0.160. The van der Waals surface area contributed by atoms with Gasteiger partial charge in [0.2, 0.25) is 0 Å². The van der Waals surface area contributed by atoms with Crippen LogP contribution in [0.4, 0.5) is 0 Å². The van der Waals surface area contributed by atoms with E-state index in [-0.39, 0.29) is 0 Å². The molecular formula is C55H37N. The highest BCUT2D eigenvalue weighted by Crippen LogP contribution is 2.35. The van der Waals surface area contributed by atoms with E-state index in [9.17, 15) is 0 Å². The molecule has 0 radical (unpaired) electrons. The van der Waals surface area contributed by atoms with E-state index in [1.807, 2.05) is 0 Å². The second kappa shape index (κ2) is 14.5. The van der Waals surface area contributed by atoms with E-state index in [1.54, 1.807) is 0 Å². The van der Waals surface area contributed by atoms with E-state index in [0.717, 1.165) is 28.1 Å². The van der Waals surface area contributed by atoms with Crippen molar-refractivity contribution in [3.63, 3.8) is 0 Å². The third kappa shape index (κ3) is 6.46. The first kappa shape index (κ1) is 33.2. The van der Waals surface area contributed by atoms with Crippen LogP contribution in [0.2, 0.25) is 0 Å². The zero-order chi connectivity index (χ0) is 37.3. The minimum Gasteiger partial charge on any atom is -0.248 e.